The molecule has 0 spiro atoms. The third kappa shape index (κ3) is 6.78. The summed E-state index contributed by atoms with van der Waals surface area (Å²) in [5.74, 6) is 0.0982. The van der Waals surface area contributed by atoms with Crippen molar-refractivity contribution < 1.29 is 14.3 Å². The fourth-order valence-corrected chi connectivity index (χ4v) is 5.84. The van der Waals surface area contributed by atoms with Crippen LogP contribution in [0.4, 0.5) is 0 Å². The lowest BCUT2D eigenvalue weighted by Crippen LogP contribution is -2.53. The maximum Gasteiger partial charge on any atom is 0.261 e. The van der Waals surface area contributed by atoms with Crippen molar-refractivity contribution in [3.05, 3.63) is 112 Å². The number of fused-ring (bicyclic) bond motifs is 1. The van der Waals surface area contributed by atoms with Crippen molar-refractivity contribution in [2.45, 2.75) is 50.7 Å². The third-order valence-corrected chi connectivity index (χ3v) is 8.17. The average molecular weight is 576 g/mol. The Kier molecular flexibility index (Phi) is 9.25. The minimum absolute atomic E-state index is 0.0752. The van der Waals surface area contributed by atoms with Crippen LogP contribution in [0.15, 0.2) is 91.0 Å². The molecule has 0 saturated heterocycles. The van der Waals surface area contributed by atoms with E-state index in [1.54, 1.807) is 23.1 Å². The zero-order valence-electron chi connectivity index (χ0n) is 22.2. The molecule has 206 valence electrons. The molecule has 1 atom stereocenters. The van der Waals surface area contributed by atoms with Gasteiger partial charge in [-0.25, -0.2) is 0 Å². The van der Waals surface area contributed by atoms with E-state index in [1.807, 2.05) is 72.8 Å². The van der Waals surface area contributed by atoms with Crippen molar-refractivity contribution in [3.63, 3.8) is 0 Å². The van der Waals surface area contributed by atoms with Crippen LogP contribution in [0.25, 0.3) is 10.8 Å². The van der Waals surface area contributed by atoms with Gasteiger partial charge in [0.05, 0.1) is 0 Å². The van der Waals surface area contributed by atoms with Crippen molar-refractivity contribution in [2.75, 3.05) is 6.61 Å². The molecule has 0 radical (unpaired) electrons. The maximum atomic E-state index is 14.0. The van der Waals surface area contributed by atoms with Gasteiger partial charge in [-0.1, -0.05) is 109 Å². The van der Waals surface area contributed by atoms with Gasteiger partial charge in [0.15, 0.2) is 6.61 Å². The molecule has 2 amide bonds. The van der Waals surface area contributed by atoms with Crippen molar-refractivity contribution >= 4 is 45.8 Å². The molecule has 0 heterocycles. The molecule has 7 heteroatoms. The summed E-state index contributed by atoms with van der Waals surface area (Å²) in [7, 11) is 0. The van der Waals surface area contributed by atoms with Crippen molar-refractivity contribution in [1.82, 2.24) is 10.2 Å². The summed E-state index contributed by atoms with van der Waals surface area (Å²) >= 11 is 13.1. The Morgan fingerprint density at radius 2 is 1.50 bits per heavy atom. The second kappa shape index (κ2) is 13.2. The predicted molar refractivity (Wildman–Crippen MR) is 161 cm³/mol. The normalized spacial score (nSPS) is 14.2. The summed E-state index contributed by atoms with van der Waals surface area (Å²) in [6, 6.07) is 27.9. The van der Waals surface area contributed by atoms with Crippen LogP contribution < -0.4 is 10.1 Å². The number of rotatable bonds is 10. The number of nitrogens with one attached hydrogen (secondary N) is 1. The second-order valence-electron chi connectivity index (χ2n) is 10.2. The van der Waals surface area contributed by atoms with Gasteiger partial charge in [0.25, 0.3) is 5.91 Å². The molecule has 1 aliphatic carbocycles. The first-order chi connectivity index (χ1) is 19.5. The van der Waals surface area contributed by atoms with Crippen LogP contribution in [0.2, 0.25) is 10.0 Å². The molecule has 1 N–H and O–H groups in total. The van der Waals surface area contributed by atoms with Crippen LogP contribution in [0.1, 0.15) is 36.8 Å². The van der Waals surface area contributed by atoms with Crippen LogP contribution >= 0.6 is 23.2 Å². The lowest BCUT2D eigenvalue weighted by molar-refractivity contribution is -0.143. The molecule has 40 heavy (non-hydrogen) atoms. The van der Waals surface area contributed by atoms with Crippen LogP contribution in [0, 0.1) is 0 Å². The Balaban J connectivity index is 1.47. The van der Waals surface area contributed by atoms with Crippen molar-refractivity contribution in [2.24, 2.45) is 0 Å². The monoisotopic (exact) mass is 574 g/mol. The fraction of sp³-hybridized carbons (Fsp3) is 0.273. The summed E-state index contributed by atoms with van der Waals surface area (Å²) < 4.78 is 6.08. The molecular weight excluding hydrogens is 543 g/mol. The molecule has 1 saturated carbocycles. The van der Waals surface area contributed by atoms with Gasteiger partial charge in [0.1, 0.15) is 11.8 Å². The molecule has 5 nitrogen and oxygen atoms in total. The number of carbonyl (C=O) groups is 2. The van der Waals surface area contributed by atoms with Gasteiger partial charge in [-0.15, -0.1) is 0 Å². The van der Waals surface area contributed by atoms with E-state index in [4.69, 9.17) is 27.9 Å². The standard InChI is InChI=1S/C33H32Cl2N2O3/c34-28-17-9-18-29(35)27(28)21-37(32(38)22-40-31-19-8-13-24-12-4-7-16-26(24)31)30(20-23-10-2-1-3-11-23)33(39)36-25-14-5-6-15-25/h1-4,7-13,16-19,25,30H,5-6,14-15,20-22H2,(H,36,39)/t30-/m1/s1. The lowest BCUT2D eigenvalue weighted by atomic mass is 10.0. The van der Waals surface area contributed by atoms with Gasteiger partial charge in [0.2, 0.25) is 5.91 Å². The largest absolute Gasteiger partial charge is 0.483 e. The Hall–Kier alpha value is -3.54. The van der Waals surface area contributed by atoms with Crippen molar-refractivity contribution in [3.8, 4) is 5.75 Å². The molecule has 1 fully saturated rings. The minimum atomic E-state index is -0.779. The summed E-state index contributed by atoms with van der Waals surface area (Å²) in [6.45, 7) is -0.163. The van der Waals surface area contributed by atoms with Crippen LogP contribution in [0.3, 0.4) is 0 Å². The SMILES string of the molecule is O=C(NC1CCCC1)[C@@H](Cc1ccccc1)N(Cc1c(Cl)cccc1Cl)C(=O)COc1cccc2ccccc12. The van der Waals surface area contributed by atoms with Gasteiger partial charge < -0.3 is 15.0 Å². The number of hydrogen-bond acceptors (Lipinski definition) is 3. The van der Waals surface area contributed by atoms with E-state index in [2.05, 4.69) is 5.32 Å². The molecule has 0 bridgehead atoms. The molecule has 4 aromatic rings. The van der Waals surface area contributed by atoms with E-state index in [0.29, 0.717) is 27.8 Å². The topological polar surface area (TPSA) is 58.6 Å². The fourth-order valence-electron chi connectivity index (χ4n) is 5.32. The van der Waals surface area contributed by atoms with E-state index in [0.717, 1.165) is 42.0 Å². The zero-order chi connectivity index (χ0) is 27.9. The Labute approximate surface area is 245 Å². The number of hydrogen-bond donors (Lipinski definition) is 1. The first-order valence-corrected chi connectivity index (χ1v) is 14.4. The Morgan fingerprint density at radius 1 is 0.850 bits per heavy atom. The van der Waals surface area contributed by atoms with Gasteiger partial charge in [0, 0.05) is 40.0 Å². The minimum Gasteiger partial charge on any atom is -0.483 e. The first-order valence-electron chi connectivity index (χ1n) is 13.7. The highest BCUT2D eigenvalue weighted by Gasteiger charge is 2.33. The number of ether oxygens (including phenoxy) is 1. The Bertz CT molecular complexity index is 1450. The van der Waals surface area contributed by atoms with Gasteiger partial charge in [-0.3, -0.25) is 9.59 Å². The summed E-state index contributed by atoms with van der Waals surface area (Å²) in [6.07, 6.45) is 4.41. The lowest BCUT2D eigenvalue weighted by Gasteiger charge is -2.32. The Morgan fingerprint density at radius 3 is 2.25 bits per heavy atom. The van der Waals surface area contributed by atoms with Crippen LogP contribution in [-0.2, 0) is 22.6 Å². The molecule has 0 unspecified atom stereocenters. The predicted octanol–water partition coefficient (Wildman–Crippen LogP) is 7.22. The zero-order valence-corrected chi connectivity index (χ0v) is 23.7. The van der Waals surface area contributed by atoms with E-state index < -0.39 is 6.04 Å². The quantitative estimate of drug-likeness (QED) is 0.217. The molecule has 1 aliphatic rings. The molecule has 5 rings (SSSR count). The highest BCUT2D eigenvalue weighted by Crippen LogP contribution is 2.29. The number of halogens is 2. The van der Waals surface area contributed by atoms with E-state index in [9.17, 15) is 9.59 Å². The highest BCUT2D eigenvalue weighted by molar-refractivity contribution is 6.36. The summed E-state index contributed by atoms with van der Waals surface area (Å²) in [4.78, 5) is 29.4. The third-order valence-electron chi connectivity index (χ3n) is 7.46. The van der Waals surface area contributed by atoms with E-state index >= 15 is 0 Å². The maximum absolute atomic E-state index is 14.0. The molecule has 4 aromatic carbocycles. The number of carbonyl (C=O) groups excluding carboxylic acids is 2. The van der Waals surface area contributed by atoms with E-state index in [-0.39, 0.29) is 31.0 Å². The van der Waals surface area contributed by atoms with Gasteiger partial charge >= 0.3 is 0 Å². The molecule has 0 aromatic heterocycles. The van der Waals surface area contributed by atoms with E-state index in [1.165, 1.54) is 0 Å². The highest BCUT2D eigenvalue weighted by atomic mass is 35.5. The molecular formula is C33H32Cl2N2O3. The average Bonchev–Trinajstić information content (AvgIpc) is 3.48. The first kappa shape index (κ1) is 28.0. The smallest absolute Gasteiger partial charge is 0.261 e. The number of benzene rings is 4. The van der Waals surface area contributed by atoms with Crippen molar-refractivity contribution in [1.29, 1.82) is 0 Å². The number of nitrogens with zero attached hydrogens (tertiary/aromatic N) is 1. The van der Waals surface area contributed by atoms with Gasteiger partial charge in [-0.05, 0) is 42.0 Å². The van der Waals surface area contributed by atoms with Gasteiger partial charge in [-0.2, -0.15) is 0 Å². The summed E-state index contributed by atoms with van der Waals surface area (Å²) in [5.41, 5.74) is 1.54. The second-order valence-corrected chi connectivity index (χ2v) is 11.0. The van der Waals surface area contributed by atoms with Crippen LogP contribution in [-0.4, -0.2) is 35.4 Å². The molecule has 0 aliphatic heterocycles. The summed E-state index contributed by atoms with van der Waals surface area (Å²) in [5, 5.41) is 6.02. The van der Waals surface area contributed by atoms with Crippen LogP contribution in [0.5, 0.6) is 5.75 Å². The number of amides is 2.